The highest BCUT2D eigenvalue weighted by molar-refractivity contribution is 7.13. The summed E-state index contributed by atoms with van der Waals surface area (Å²) in [5.74, 6) is 0. The molecule has 1 aliphatic rings. The van der Waals surface area contributed by atoms with Crippen molar-refractivity contribution < 1.29 is 0 Å². The van der Waals surface area contributed by atoms with Crippen molar-refractivity contribution in [1.82, 2.24) is 0 Å². The van der Waals surface area contributed by atoms with Gasteiger partial charge in [0.15, 0.2) is 8.07 Å². The molecule has 1 aliphatic carbocycles. The molecule has 0 saturated heterocycles. The van der Waals surface area contributed by atoms with E-state index in [4.69, 9.17) is 0 Å². The van der Waals surface area contributed by atoms with Gasteiger partial charge in [-0.15, -0.1) is 0 Å². The molecule has 9 aromatic carbocycles. The average Bonchev–Trinajstić information content (AvgIpc) is 1.36. The zero-order chi connectivity index (χ0) is 68.1. The van der Waals surface area contributed by atoms with E-state index in [9.17, 15) is 0 Å². The molecule has 0 N–H and O–H groups in total. The van der Waals surface area contributed by atoms with Crippen LogP contribution in [0.1, 0.15) is 252 Å². The highest BCUT2D eigenvalue weighted by Gasteiger charge is 2.51. The quantitative estimate of drug-likeness (QED) is 0.0668. The lowest BCUT2D eigenvalue weighted by atomic mass is 9.86. The van der Waals surface area contributed by atoms with Crippen LogP contribution in [0.2, 0.25) is 5.54 Å². The summed E-state index contributed by atoms with van der Waals surface area (Å²) in [6, 6.07) is 81.5. The van der Waals surface area contributed by atoms with Crippen LogP contribution in [0.5, 0.6) is 0 Å². The van der Waals surface area contributed by atoms with Gasteiger partial charge in [0, 0.05) is 5.54 Å². The fraction of sp³-hybridized carbons (Fsp3) is 0.376. The lowest BCUT2D eigenvalue weighted by Crippen LogP contribution is -2.70. The first-order valence-corrected chi connectivity index (χ1v) is 37.3. The van der Waals surface area contributed by atoms with Crippen LogP contribution in [0, 0.1) is 0 Å². The minimum absolute atomic E-state index is 0.0615. The molecule has 0 aliphatic heterocycles. The molecule has 0 spiro atoms. The Balaban J connectivity index is 1.33. The average molecular weight is 1260 g/mol. The Morgan fingerprint density at radius 2 is 0.362 bits per heavy atom. The van der Waals surface area contributed by atoms with Crippen molar-refractivity contribution in [3.8, 4) is 0 Å². The zero-order valence-corrected chi connectivity index (χ0v) is 62.9. The van der Waals surface area contributed by atoms with Crippen LogP contribution in [0.15, 0.2) is 222 Å². The maximum atomic E-state index is 2.73. The Hall–Kier alpha value is -7.32. The SMILES string of the molecule is CC1=C(C)C([Si](c2cc(Cc3ccc(C(C)(C)C)cc3)cc(Cc3ccc(C(C)(C)C)cc3)c2)(c2cc(Cc3ccc(C(C)(C)C)cc3)cc(Cc3ccc(C(C)(C)C)cc3)c2)c2cc(Cc3ccc(C(C)(C)C)cc3)cc(Cc3ccc(C(C)(C)C)cc3)c2)C(C)=C1C. The molecule has 0 unspecified atom stereocenters. The molecular formula is C93H112Si. The van der Waals surface area contributed by atoms with Crippen LogP contribution in [0.3, 0.4) is 0 Å². The van der Waals surface area contributed by atoms with E-state index in [1.54, 1.807) is 0 Å². The molecule has 0 aromatic heterocycles. The molecule has 0 amide bonds. The summed E-state index contributed by atoms with van der Waals surface area (Å²) >= 11 is 0. The Morgan fingerprint density at radius 3 is 0.500 bits per heavy atom. The number of hydrogen-bond acceptors (Lipinski definition) is 0. The van der Waals surface area contributed by atoms with E-state index in [1.807, 2.05) is 0 Å². The predicted molar refractivity (Wildman–Crippen MR) is 412 cm³/mol. The Morgan fingerprint density at radius 1 is 0.213 bits per heavy atom. The molecular weight excluding hydrogens is 1150 g/mol. The number of hydrogen-bond donors (Lipinski definition) is 0. The minimum atomic E-state index is -3.41. The molecule has 1 heteroatoms. The largest absolute Gasteiger partial charge is 0.159 e. The Kier molecular flexibility index (Phi) is 19.7. The van der Waals surface area contributed by atoms with E-state index in [-0.39, 0.29) is 38.0 Å². The molecule has 0 heterocycles. The third kappa shape index (κ3) is 16.0. The number of allylic oxidation sites excluding steroid dienone is 4. The smallest absolute Gasteiger partial charge is 0.0647 e. The van der Waals surface area contributed by atoms with Crippen molar-refractivity contribution in [3.63, 3.8) is 0 Å². The molecule has 9 aromatic rings. The van der Waals surface area contributed by atoms with E-state index in [2.05, 4.69) is 353 Å². The van der Waals surface area contributed by atoms with Crippen LogP contribution in [0.4, 0.5) is 0 Å². The summed E-state index contributed by atoms with van der Waals surface area (Å²) in [6.45, 7) is 51.7. The Labute approximate surface area is 571 Å². The van der Waals surface area contributed by atoms with Crippen molar-refractivity contribution in [3.05, 3.63) is 323 Å². The molecule has 10 rings (SSSR count). The monoisotopic (exact) mass is 1260 g/mol. The number of benzene rings is 9. The van der Waals surface area contributed by atoms with Gasteiger partial charge in [0.1, 0.15) is 0 Å². The first kappa shape index (κ1) is 69.5. The van der Waals surface area contributed by atoms with Crippen LogP contribution >= 0.6 is 0 Å². The van der Waals surface area contributed by atoms with E-state index in [0.717, 1.165) is 38.5 Å². The van der Waals surface area contributed by atoms with Gasteiger partial charge in [0.25, 0.3) is 0 Å². The molecule has 94 heavy (non-hydrogen) atoms. The molecule has 0 bridgehead atoms. The van der Waals surface area contributed by atoms with Gasteiger partial charge in [0.05, 0.1) is 0 Å². The highest BCUT2D eigenvalue weighted by Crippen LogP contribution is 2.47. The van der Waals surface area contributed by atoms with Crippen LogP contribution in [0.25, 0.3) is 0 Å². The van der Waals surface area contributed by atoms with Crippen molar-refractivity contribution in [2.45, 2.75) is 229 Å². The standard InChI is InChI=1S/C93H112Si/c1-62-63(2)65(4)87(64(62)3)94(84-56-72(47-66-23-35-78(36-24-66)88(5,6)7)53-73(57-84)48-67-25-37-79(38-26-67)89(8,9)10,85-58-74(49-68-27-39-80(40-28-68)90(11,12)13)54-75(59-85)50-69-29-41-81(42-30-69)91(14,15)16)86-60-76(51-70-31-43-82(44-32-70)92(17,18)19)55-77(61-86)52-71-33-45-83(46-34-71)93(20,21)22/h23-46,53-61,87H,47-52H2,1-22H3. The molecule has 0 saturated carbocycles. The normalized spacial score (nSPS) is 14.0. The minimum Gasteiger partial charge on any atom is -0.0647 e. The van der Waals surface area contributed by atoms with Crippen molar-refractivity contribution in [2.75, 3.05) is 0 Å². The van der Waals surface area contributed by atoms with E-state index in [0.29, 0.717) is 0 Å². The van der Waals surface area contributed by atoms with Gasteiger partial charge in [-0.25, -0.2) is 0 Å². The summed E-state index contributed by atoms with van der Waals surface area (Å²) < 4.78 is 0. The first-order chi connectivity index (χ1) is 43.9. The van der Waals surface area contributed by atoms with Crippen LogP contribution in [-0.4, -0.2) is 8.07 Å². The van der Waals surface area contributed by atoms with Gasteiger partial charge in [-0.2, -0.15) is 0 Å². The molecule has 0 radical (unpaired) electrons. The first-order valence-electron chi connectivity index (χ1n) is 35.2. The second-order valence-corrected chi connectivity index (χ2v) is 38.6. The van der Waals surface area contributed by atoms with Crippen LogP contribution in [-0.2, 0) is 71.0 Å². The second-order valence-electron chi connectivity index (χ2n) is 34.7. The zero-order valence-electron chi connectivity index (χ0n) is 61.9. The second kappa shape index (κ2) is 26.7. The topological polar surface area (TPSA) is 0 Å². The lowest BCUT2D eigenvalue weighted by Gasteiger charge is -2.42. The molecule has 0 atom stereocenters. The summed E-state index contributed by atoms with van der Waals surface area (Å²) in [4.78, 5) is 0. The van der Waals surface area contributed by atoms with Gasteiger partial charge in [0.2, 0.25) is 0 Å². The molecule has 0 nitrogen and oxygen atoms in total. The van der Waals surface area contributed by atoms with E-state index in [1.165, 1.54) is 138 Å². The van der Waals surface area contributed by atoms with Gasteiger partial charge in [-0.05, 0) is 226 Å². The lowest BCUT2D eigenvalue weighted by molar-refractivity contribution is 0.589. The number of rotatable bonds is 16. The van der Waals surface area contributed by atoms with Gasteiger partial charge in [-0.3, -0.25) is 0 Å². The van der Waals surface area contributed by atoms with Gasteiger partial charge < -0.3 is 0 Å². The van der Waals surface area contributed by atoms with Crippen molar-refractivity contribution in [1.29, 1.82) is 0 Å². The summed E-state index contributed by atoms with van der Waals surface area (Å²) in [6.07, 6.45) is 5.04. The summed E-state index contributed by atoms with van der Waals surface area (Å²) in [7, 11) is -3.41. The highest BCUT2D eigenvalue weighted by atomic mass is 28.3. The summed E-state index contributed by atoms with van der Waals surface area (Å²) in [5.41, 5.74) is 30.9. The predicted octanol–water partition coefficient (Wildman–Crippen LogP) is 22.5. The third-order valence-corrected chi connectivity index (χ3v) is 26.3. The fourth-order valence-corrected chi connectivity index (χ4v) is 20.9. The third-order valence-electron chi connectivity index (χ3n) is 20.9. The molecule has 0 fully saturated rings. The fourth-order valence-electron chi connectivity index (χ4n) is 14.7. The van der Waals surface area contributed by atoms with Crippen LogP contribution < -0.4 is 15.6 Å². The molecule has 488 valence electrons. The van der Waals surface area contributed by atoms with E-state index < -0.39 is 8.07 Å². The van der Waals surface area contributed by atoms with Gasteiger partial charge in [-0.1, -0.05) is 336 Å². The van der Waals surface area contributed by atoms with Gasteiger partial charge >= 0.3 is 0 Å². The maximum Gasteiger partial charge on any atom is 0.159 e. The summed E-state index contributed by atoms with van der Waals surface area (Å²) in [5, 5.41) is 4.47. The van der Waals surface area contributed by atoms with Crippen molar-refractivity contribution in [2.24, 2.45) is 0 Å². The van der Waals surface area contributed by atoms with E-state index >= 15 is 0 Å². The maximum absolute atomic E-state index is 3.41. The Bertz CT molecular complexity index is 3530. The van der Waals surface area contributed by atoms with Crippen molar-refractivity contribution >= 4 is 23.6 Å².